The van der Waals surface area contributed by atoms with E-state index in [9.17, 15) is 9.18 Å². The van der Waals surface area contributed by atoms with Crippen molar-refractivity contribution < 1.29 is 18.7 Å². The first-order valence-electron chi connectivity index (χ1n) is 8.07. The van der Waals surface area contributed by atoms with E-state index >= 15 is 0 Å². The van der Waals surface area contributed by atoms with Crippen LogP contribution in [0.15, 0.2) is 36.4 Å². The average Bonchev–Trinajstić information content (AvgIpc) is 3.23. The molecule has 4 nitrogen and oxygen atoms in total. The van der Waals surface area contributed by atoms with Gasteiger partial charge in [0.05, 0.1) is 0 Å². The molecule has 2 aliphatic rings. The fraction of sp³-hybridized carbons (Fsp3) is 0.150. The normalized spacial score (nSPS) is 14.7. The van der Waals surface area contributed by atoms with Crippen LogP contribution in [0, 0.1) is 12.7 Å². The van der Waals surface area contributed by atoms with Crippen LogP contribution in [0.2, 0.25) is 0 Å². The molecule has 0 fully saturated rings. The number of nitrogens with one attached hydrogen (secondary N) is 1. The van der Waals surface area contributed by atoms with Gasteiger partial charge in [-0.25, -0.2) is 4.39 Å². The number of ether oxygens (including phenoxy) is 2. The number of halogens is 1. The summed E-state index contributed by atoms with van der Waals surface area (Å²) in [6.07, 6.45) is 0. The molecule has 2 aliphatic heterocycles. The van der Waals surface area contributed by atoms with E-state index in [2.05, 4.69) is 5.32 Å². The van der Waals surface area contributed by atoms with E-state index in [1.165, 1.54) is 12.1 Å². The van der Waals surface area contributed by atoms with Crippen LogP contribution in [0.4, 0.5) is 4.39 Å². The van der Waals surface area contributed by atoms with E-state index in [1.54, 1.807) is 12.1 Å². The molecular formula is C20H14FNO3. The monoisotopic (exact) mass is 335 g/mol. The van der Waals surface area contributed by atoms with Gasteiger partial charge in [-0.05, 0) is 52.8 Å². The zero-order valence-electron chi connectivity index (χ0n) is 13.5. The smallest absolute Gasteiger partial charge is 0.252 e. The van der Waals surface area contributed by atoms with Crippen molar-refractivity contribution in [2.45, 2.75) is 13.5 Å². The summed E-state index contributed by atoms with van der Waals surface area (Å²) in [5, 5.41) is 4.76. The van der Waals surface area contributed by atoms with Crippen LogP contribution in [-0.4, -0.2) is 12.7 Å². The lowest BCUT2D eigenvalue weighted by Gasteiger charge is -2.16. The molecule has 0 bridgehead atoms. The summed E-state index contributed by atoms with van der Waals surface area (Å²) in [6.45, 7) is 2.56. The zero-order chi connectivity index (χ0) is 17.1. The van der Waals surface area contributed by atoms with Gasteiger partial charge in [0.15, 0.2) is 11.5 Å². The summed E-state index contributed by atoms with van der Waals surface area (Å²) in [5.74, 6) is 1.00. The van der Waals surface area contributed by atoms with Crippen LogP contribution in [0.25, 0.3) is 21.9 Å². The predicted octanol–water partition coefficient (Wildman–Crippen LogP) is 3.93. The van der Waals surface area contributed by atoms with Gasteiger partial charge in [0.2, 0.25) is 6.79 Å². The summed E-state index contributed by atoms with van der Waals surface area (Å²) in [7, 11) is 0. The molecule has 0 spiro atoms. The third-order valence-corrected chi connectivity index (χ3v) is 4.96. The summed E-state index contributed by atoms with van der Waals surface area (Å²) in [6, 6.07) is 10.1. The van der Waals surface area contributed by atoms with Crippen LogP contribution in [0.3, 0.4) is 0 Å². The third kappa shape index (κ3) is 1.89. The molecule has 0 unspecified atom stereocenters. The largest absolute Gasteiger partial charge is 0.454 e. The Hall–Kier alpha value is -3.08. The third-order valence-electron chi connectivity index (χ3n) is 4.96. The highest BCUT2D eigenvalue weighted by molar-refractivity contribution is 6.13. The molecule has 0 atom stereocenters. The second-order valence-corrected chi connectivity index (χ2v) is 6.27. The first-order valence-corrected chi connectivity index (χ1v) is 8.07. The van der Waals surface area contributed by atoms with Crippen molar-refractivity contribution in [1.82, 2.24) is 5.32 Å². The van der Waals surface area contributed by atoms with Crippen molar-refractivity contribution >= 4 is 16.7 Å². The van der Waals surface area contributed by atoms with Crippen LogP contribution in [-0.2, 0) is 6.54 Å². The molecule has 5 heteroatoms. The van der Waals surface area contributed by atoms with E-state index in [1.807, 2.05) is 19.1 Å². The van der Waals surface area contributed by atoms with E-state index in [0.717, 1.165) is 33.0 Å². The number of aryl methyl sites for hydroxylation is 1. The fourth-order valence-electron chi connectivity index (χ4n) is 3.85. The van der Waals surface area contributed by atoms with Gasteiger partial charge in [0.1, 0.15) is 5.82 Å². The van der Waals surface area contributed by atoms with Gasteiger partial charge in [-0.3, -0.25) is 4.79 Å². The Balaban J connectivity index is 1.97. The Labute approximate surface area is 143 Å². The average molecular weight is 335 g/mol. The number of hydrogen-bond acceptors (Lipinski definition) is 3. The van der Waals surface area contributed by atoms with Gasteiger partial charge in [-0.2, -0.15) is 0 Å². The molecule has 5 rings (SSSR count). The lowest BCUT2D eigenvalue weighted by atomic mass is 9.87. The molecule has 25 heavy (non-hydrogen) atoms. The van der Waals surface area contributed by atoms with Crippen molar-refractivity contribution in [1.29, 1.82) is 0 Å². The first kappa shape index (κ1) is 14.3. The van der Waals surface area contributed by atoms with Crippen molar-refractivity contribution in [3.05, 3.63) is 58.9 Å². The van der Waals surface area contributed by atoms with Crippen LogP contribution in [0.5, 0.6) is 11.5 Å². The Morgan fingerprint density at radius 1 is 1.04 bits per heavy atom. The van der Waals surface area contributed by atoms with E-state index in [0.29, 0.717) is 23.6 Å². The van der Waals surface area contributed by atoms with E-state index in [-0.39, 0.29) is 18.5 Å². The molecule has 1 amide bonds. The zero-order valence-corrected chi connectivity index (χ0v) is 13.5. The number of carbonyl (C=O) groups is 1. The standard InChI is InChI=1S/C20H14FNO3/c1-10-13-6-7-15-19(25-9-24-15)18(13)17(11-2-4-12(21)5-3-11)14-8-22-20(23)16(10)14/h2-7H,8-9H2,1H3,(H,22,23). The number of fused-ring (bicyclic) bond motifs is 4. The lowest BCUT2D eigenvalue weighted by Crippen LogP contribution is -2.13. The summed E-state index contributed by atoms with van der Waals surface area (Å²) in [4.78, 5) is 12.4. The van der Waals surface area contributed by atoms with E-state index < -0.39 is 0 Å². The summed E-state index contributed by atoms with van der Waals surface area (Å²) in [5.41, 5.74) is 4.29. The quantitative estimate of drug-likeness (QED) is 0.733. The van der Waals surface area contributed by atoms with Crippen molar-refractivity contribution in [3.63, 3.8) is 0 Å². The van der Waals surface area contributed by atoms with Crippen LogP contribution < -0.4 is 14.8 Å². The Morgan fingerprint density at radius 2 is 1.84 bits per heavy atom. The van der Waals surface area contributed by atoms with Crippen LogP contribution in [0.1, 0.15) is 21.5 Å². The van der Waals surface area contributed by atoms with Gasteiger partial charge in [0.25, 0.3) is 5.91 Å². The lowest BCUT2D eigenvalue weighted by molar-refractivity contribution is 0.0965. The molecular weight excluding hydrogens is 321 g/mol. The van der Waals surface area contributed by atoms with Crippen LogP contribution >= 0.6 is 0 Å². The van der Waals surface area contributed by atoms with Crippen molar-refractivity contribution in [3.8, 4) is 22.6 Å². The minimum absolute atomic E-state index is 0.0737. The predicted molar refractivity (Wildman–Crippen MR) is 91.4 cm³/mol. The Bertz CT molecular complexity index is 1060. The Morgan fingerprint density at radius 3 is 2.64 bits per heavy atom. The van der Waals surface area contributed by atoms with E-state index in [4.69, 9.17) is 9.47 Å². The second-order valence-electron chi connectivity index (χ2n) is 6.27. The molecule has 0 radical (unpaired) electrons. The highest BCUT2D eigenvalue weighted by Gasteiger charge is 2.30. The van der Waals surface area contributed by atoms with Gasteiger partial charge in [-0.1, -0.05) is 18.2 Å². The minimum Gasteiger partial charge on any atom is -0.454 e. The Kier molecular flexibility index (Phi) is 2.83. The molecule has 3 aromatic rings. The number of benzene rings is 3. The summed E-state index contributed by atoms with van der Waals surface area (Å²) >= 11 is 0. The molecule has 2 heterocycles. The van der Waals surface area contributed by atoms with Gasteiger partial charge < -0.3 is 14.8 Å². The molecule has 0 aromatic heterocycles. The molecule has 3 aromatic carbocycles. The van der Waals surface area contributed by atoms with Gasteiger partial charge >= 0.3 is 0 Å². The SMILES string of the molecule is Cc1c2c(c(-c3ccc(F)cc3)c3c4c(ccc13)OCO4)CNC2=O. The first-order chi connectivity index (χ1) is 12.1. The number of hydrogen-bond donors (Lipinski definition) is 1. The number of rotatable bonds is 1. The number of carbonyl (C=O) groups excluding carboxylic acids is 1. The maximum absolute atomic E-state index is 13.4. The molecule has 0 aliphatic carbocycles. The van der Waals surface area contributed by atoms with Gasteiger partial charge in [0, 0.05) is 17.5 Å². The van der Waals surface area contributed by atoms with Crippen molar-refractivity contribution in [2.75, 3.05) is 6.79 Å². The summed E-state index contributed by atoms with van der Waals surface area (Å²) < 4.78 is 24.7. The topological polar surface area (TPSA) is 47.6 Å². The minimum atomic E-state index is -0.296. The molecule has 124 valence electrons. The highest BCUT2D eigenvalue weighted by Crippen LogP contribution is 2.48. The maximum atomic E-state index is 13.4. The molecule has 1 N–H and O–H groups in total. The van der Waals surface area contributed by atoms with Crippen molar-refractivity contribution in [2.24, 2.45) is 0 Å². The second kappa shape index (κ2) is 4.96. The number of amides is 1. The maximum Gasteiger partial charge on any atom is 0.252 e. The van der Waals surface area contributed by atoms with Gasteiger partial charge in [-0.15, -0.1) is 0 Å². The molecule has 0 saturated carbocycles. The molecule has 0 saturated heterocycles. The highest BCUT2D eigenvalue weighted by atomic mass is 19.1. The fourth-order valence-corrected chi connectivity index (χ4v) is 3.85.